The molecule has 0 aliphatic carbocycles. The summed E-state index contributed by atoms with van der Waals surface area (Å²) in [5.74, 6) is 0.891. The Balaban J connectivity index is 2.35. The summed E-state index contributed by atoms with van der Waals surface area (Å²) in [6.45, 7) is 4.86. The molecular weight excluding hydrogens is 294 g/mol. The van der Waals surface area contributed by atoms with E-state index in [1.165, 1.54) is 16.3 Å². The number of benzene rings is 1. The number of rotatable bonds is 5. The first-order chi connectivity index (χ1) is 10.7. The molecule has 0 spiro atoms. The first-order valence-corrected chi connectivity index (χ1v) is 8.35. The quantitative estimate of drug-likeness (QED) is 0.784. The summed E-state index contributed by atoms with van der Waals surface area (Å²) in [6.07, 6.45) is 1.80. The van der Waals surface area contributed by atoms with Crippen LogP contribution in [0.5, 0.6) is 5.75 Å². The maximum absolute atomic E-state index is 5.80. The molecule has 0 atom stereocenters. The van der Waals surface area contributed by atoms with Gasteiger partial charge in [0.15, 0.2) is 4.96 Å². The molecule has 116 valence electrons. The number of aryl methyl sites for hydroxylation is 2. The smallest absolute Gasteiger partial charge is 0.194 e. The molecule has 2 N–H and O–H groups in total. The number of nitrogens with zero attached hydrogens (tertiary/aromatic N) is 2. The summed E-state index contributed by atoms with van der Waals surface area (Å²) in [6, 6.07) is 8.16. The van der Waals surface area contributed by atoms with Gasteiger partial charge in [0.05, 0.1) is 18.5 Å². The zero-order chi connectivity index (χ0) is 15.7. The van der Waals surface area contributed by atoms with Gasteiger partial charge >= 0.3 is 0 Å². The summed E-state index contributed by atoms with van der Waals surface area (Å²) >= 11 is 1.75. The summed E-state index contributed by atoms with van der Waals surface area (Å²) in [7, 11) is 1.72. The van der Waals surface area contributed by atoms with Crippen molar-refractivity contribution in [1.82, 2.24) is 9.38 Å². The van der Waals surface area contributed by atoms with Crippen LogP contribution in [0, 0.1) is 6.92 Å². The number of nitrogens with two attached hydrogens (primary N) is 1. The van der Waals surface area contributed by atoms with Crippen LogP contribution >= 0.6 is 11.3 Å². The molecule has 0 saturated heterocycles. The Bertz CT molecular complexity index is 804. The van der Waals surface area contributed by atoms with E-state index >= 15 is 0 Å². The second kappa shape index (κ2) is 6.10. The minimum atomic E-state index is 0.622. The highest BCUT2D eigenvalue weighted by molar-refractivity contribution is 7.17. The lowest BCUT2D eigenvalue weighted by Gasteiger charge is -2.11. The zero-order valence-corrected chi connectivity index (χ0v) is 14.0. The summed E-state index contributed by atoms with van der Waals surface area (Å²) in [4.78, 5) is 7.09. The van der Waals surface area contributed by atoms with Crippen LogP contribution in [0.3, 0.4) is 0 Å². The van der Waals surface area contributed by atoms with Crippen molar-refractivity contribution in [2.24, 2.45) is 5.73 Å². The first kappa shape index (κ1) is 15.1. The normalized spacial score (nSPS) is 11.3. The summed E-state index contributed by atoms with van der Waals surface area (Å²) in [5.41, 5.74) is 10.4. The van der Waals surface area contributed by atoms with Gasteiger partial charge in [0.2, 0.25) is 0 Å². The molecule has 0 saturated carbocycles. The lowest BCUT2D eigenvalue weighted by Crippen LogP contribution is -2.07. The number of para-hydroxylation sites is 1. The van der Waals surface area contributed by atoms with Crippen LogP contribution in [0.4, 0.5) is 0 Å². The van der Waals surface area contributed by atoms with Crippen LogP contribution in [0.25, 0.3) is 16.2 Å². The van der Waals surface area contributed by atoms with Crippen molar-refractivity contribution in [1.29, 1.82) is 0 Å². The topological polar surface area (TPSA) is 52.5 Å². The van der Waals surface area contributed by atoms with Crippen LogP contribution in [-0.4, -0.2) is 23.0 Å². The van der Waals surface area contributed by atoms with Gasteiger partial charge in [0.25, 0.3) is 0 Å². The van der Waals surface area contributed by atoms with Crippen LogP contribution < -0.4 is 10.5 Å². The predicted molar refractivity (Wildman–Crippen MR) is 91.9 cm³/mol. The van der Waals surface area contributed by atoms with E-state index in [9.17, 15) is 0 Å². The number of imidazole rings is 1. The molecule has 22 heavy (non-hydrogen) atoms. The molecule has 3 aromatic rings. The van der Waals surface area contributed by atoms with E-state index in [-0.39, 0.29) is 0 Å². The Morgan fingerprint density at radius 2 is 2.09 bits per heavy atom. The fourth-order valence-corrected chi connectivity index (χ4v) is 4.04. The van der Waals surface area contributed by atoms with Crippen LogP contribution in [0.2, 0.25) is 0 Å². The molecule has 5 heteroatoms. The molecule has 2 heterocycles. The fraction of sp³-hybridized carbons (Fsp3) is 0.353. The third-order valence-corrected chi connectivity index (χ3v) is 5.09. The number of hydrogen-bond donors (Lipinski definition) is 1. The summed E-state index contributed by atoms with van der Waals surface area (Å²) < 4.78 is 7.84. The number of ether oxygens (including phenoxy) is 1. The number of aromatic nitrogens is 2. The van der Waals surface area contributed by atoms with Gasteiger partial charge in [-0.05, 0) is 32.0 Å². The summed E-state index contributed by atoms with van der Waals surface area (Å²) in [5, 5.41) is 0. The molecule has 0 aliphatic heterocycles. The molecule has 0 unspecified atom stereocenters. The molecule has 3 rings (SSSR count). The highest BCUT2D eigenvalue weighted by Gasteiger charge is 2.21. The third kappa shape index (κ3) is 2.30. The van der Waals surface area contributed by atoms with Gasteiger partial charge in [-0.25, -0.2) is 4.98 Å². The van der Waals surface area contributed by atoms with E-state index < -0.39 is 0 Å². The largest absolute Gasteiger partial charge is 0.496 e. The Morgan fingerprint density at radius 3 is 2.77 bits per heavy atom. The fourth-order valence-electron chi connectivity index (χ4n) is 2.90. The van der Waals surface area contributed by atoms with Crippen molar-refractivity contribution in [3.63, 3.8) is 0 Å². The number of fused-ring (bicyclic) bond motifs is 1. The van der Waals surface area contributed by atoms with Crippen molar-refractivity contribution < 1.29 is 4.74 Å². The zero-order valence-electron chi connectivity index (χ0n) is 13.2. The van der Waals surface area contributed by atoms with Crippen LogP contribution in [-0.2, 0) is 12.8 Å². The Kier molecular flexibility index (Phi) is 4.18. The van der Waals surface area contributed by atoms with E-state index in [1.807, 2.05) is 18.2 Å². The lowest BCUT2D eigenvalue weighted by molar-refractivity contribution is 0.416. The highest BCUT2D eigenvalue weighted by Crippen LogP contribution is 2.38. The Morgan fingerprint density at radius 1 is 1.32 bits per heavy atom. The second-order valence-corrected chi connectivity index (χ2v) is 6.29. The van der Waals surface area contributed by atoms with E-state index in [0.29, 0.717) is 6.54 Å². The minimum absolute atomic E-state index is 0.622. The van der Waals surface area contributed by atoms with E-state index in [2.05, 4.69) is 24.3 Å². The Hall–Kier alpha value is -1.85. The molecule has 1 aromatic carbocycles. The molecule has 4 nitrogen and oxygen atoms in total. The van der Waals surface area contributed by atoms with Crippen molar-refractivity contribution in [3.05, 3.63) is 40.5 Å². The van der Waals surface area contributed by atoms with Gasteiger partial charge in [-0.3, -0.25) is 4.40 Å². The molecular formula is C17H21N3OS. The van der Waals surface area contributed by atoms with E-state index in [1.54, 1.807) is 18.4 Å². The van der Waals surface area contributed by atoms with Gasteiger partial charge in [-0.2, -0.15) is 0 Å². The van der Waals surface area contributed by atoms with E-state index in [0.717, 1.165) is 34.8 Å². The first-order valence-electron chi connectivity index (χ1n) is 7.54. The minimum Gasteiger partial charge on any atom is -0.496 e. The van der Waals surface area contributed by atoms with Crippen molar-refractivity contribution in [2.75, 3.05) is 13.7 Å². The third-order valence-electron chi connectivity index (χ3n) is 3.91. The van der Waals surface area contributed by atoms with Crippen molar-refractivity contribution in [2.45, 2.75) is 26.7 Å². The highest BCUT2D eigenvalue weighted by atomic mass is 32.1. The molecule has 0 radical (unpaired) electrons. The SMILES string of the molecule is CCc1sc2nc(C)c(CCN)n2c1-c1ccccc1OC. The van der Waals surface area contributed by atoms with Gasteiger partial charge < -0.3 is 10.5 Å². The van der Waals surface area contributed by atoms with Gasteiger partial charge in [0, 0.05) is 22.6 Å². The molecule has 2 aromatic heterocycles. The Labute approximate surface area is 134 Å². The number of hydrogen-bond acceptors (Lipinski definition) is 4. The second-order valence-electron chi connectivity index (χ2n) is 5.23. The van der Waals surface area contributed by atoms with E-state index in [4.69, 9.17) is 15.5 Å². The maximum atomic E-state index is 5.80. The molecule has 0 bridgehead atoms. The average Bonchev–Trinajstić information content (AvgIpc) is 3.03. The number of methoxy groups -OCH3 is 1. The lowest BCUT2D eigenvalue weighted by atomic mass is 10.1. The molecule has 0 amide bonds. The molecule has 0 fully saturated rings. The van der Waals surface area contributed by atoms with Gasteiger partial charge in [-0.1, -0.05) is 19.1 Å². The standard InChI is InChI=1S/C17H21N3OS/c1-4-15-16(12-7-5-6-8-14(12)21-3)20-13(9-10-18)11(2)19-17(20)22-15/h5-8H,4,9-10,18H2,1-3H3. The average molecular weight is 315 g/mol. The van der Waals surface area contributed by atoms with Gasteiger partial charge in [0.1, 0.15) is 5.75 Å². The maximum Gasteiger partial charge on any atom is 0.194 e. The van der Waals surface area contributed by atoms with Crippen LogP contribution in [0.1, 0.15) is 23.2 Å². The monoisotopic (exact) mass is 315 g/mol. The van der Waals surface area contributed by atoms with Crippen molar-refractivity contribution in [3.8, 4) is 17.0 Å². The van der Waals surface area contributed by atoms with Gasteiger partial charge in [-0.15, -0.1) is 11.3 Å². The predicted octanol–water partition coefficient (Wildman–Crippen LogP) is 3.44. The van der Waals surface area contributed by atoms with Crippen LogP contribution in [0.15, 0.2) is 24.3 Å². The van der Waals surface area contributed by atoms with Crippen molar-refractivity contribution >= 4 is 16.3 Å². The number of thiazole rings is 1. The molecule has 0 aliphatic rings.